The molecule has 3 amide bonds. The van der Waals surface area contributed by atoms with E-state index in [1.807, 2.05) is 6.07 Å². The fraction of sp³-hybridized carbons (Fsp3) is 0.0476. The van der Waals surface area contributed by atoms with Gasteiger partial charge in [-0.3, -0.25) is 19.4 Å². The van der Waals surface area contributed by atoms with E-state index < -0.39 is 11.8 Å². The molecule has 1 aromatic heterocycles. The third-order valence-corrected chi connectivity index (χ3v) is 4.64. The summed E-state index contributed by atoms with van der Waals surface area (Å²) in [7, 11) is 0. The van der Waals surface area contributed by atoms with Crippen LogP contribution >= 0.6 is 11.6 Å². The first-order valence-corrected chi connectivity index (χ1v) is 8.89. The van der Waals surface area contributed by atoms with Crippen molar-refractivity contribution in [2.45, 2.75) is 6.54 Å². The Bertz CT molecular complexity index is 1080. The summed E-state index contributed by atoms with van der Waals surface area (Å²) >= 11 is 5.87. The van der Waals surface area contributed by atoms with Crippen molar-refractivity contribution in [3.05, 3.63) is 94.3 Å². The number of hydrogen-bond donors (Lipinski definition) is 1. The lowest BCUT2D eigenvalue weighted by atomic mass is 10.1. The van der Waals surface area contributed by atoms with Crippen LogP contribution in [0, 0.1) is 0 Å². The lowest BCUT2D eigenvalue weighted by Gasteiger charge is -2.13. The van der Waals surface area contributed by atoms with E-state index in [1.54, 1.807) is 42.6 Å². The Morgan fingerprint density at radius 2 is 1.71 bits per heavy atom. The Morgan fingerprint density at radius 3 is 2.43 bits per heavy atom. The Hall–Kier alpha value is -3.51. The molecule has 0 atom stereocenters. The maximum atomic E-state index is 12.8. The number of amides is 3. The van der Waals surface area contributed by atoms with E-state index in [4.69, 9.17) is 11.6 Å². The zero-order valence-corrected chi connectivity index (χ0v) is 15.3. The van der Waals surface area contributed by atoms with Crippen LogP contribution in [0.4, 0.5) is 5.69 Å². The van der Waals surface area contributed by atoms with Crippen molar-refractivity contribution in [3.8, 4) is 0 Å². The van der Waals surface area contributed by atoms with Gasteiger partial charge < -0.3 is 5.32 Å². The number of benzene rings is 2. The molecule has 28 heavy (non-hydrogen) atoms. The van der Waals surface area contributed by atoms with Crippen LogP contribution in [-0.2, 0) is 6.54 Å². The van der Waals surface area contributed by atoms with Crippen molar-refractivity contribution in [1.82, 2.24) is 10.3 Å². The second kappa shape index (κ2) is 7.25. The van der Waals surface area contributed by atoms with Crippen LogP contribution in [0.3, 0.4) is 0 Å². The molecule has 0 unspecified atom stereocenters. The Labute approximate surface area is 165 Å². The maximum Gasteiger partial charge on any atom is 0.266 e. The van der Waals surface area contributed by atoms with E-state index >= 15 is 0 Å². The Morgan fingerprint density at radius 1 is 0.964 bits per heavy atom. The van der Waals surface area contributed by atoms with Gasteiger partial charge in [0.25, 0.3) is 17.7 Å². The number of fused-ring (bicyclic) bond motifs is 1. The highest BCUT2D eigenvalue weighted by Gasteiger charge is 2.37. The highest BCUT2D eigenvalue weighted by molar-refractivity contribution is 6.35. The average Bonchev–Trinajstić information content (AvgIpc) is 2.97. The summed E-state index contributed by atoms with van der Waals surface area (Å²) in [5, 5.41) is 3.26. The van der Waals surface area contributed by atoms with Crippen molar-refractivity contribution in [2.75, 3.05) is 4.90 Å². The minimum absolute atomic E-state index is 0.199. The second-order valence-electron chi connectivity index (χ2n) is 6.19. The van der Waals surface area contributed by atoms with Gasteiger partial charge in [0.05, 0.1) is 29.1 Å². The summed E-state index contributed by atoms with van der Waals surface area (Å²) in [6.45, 7) is 0.264. The fourth-order valence-corrected chi connectivity index (χ4v) is 3.11. The number of carbonyl (C=O) groups is 3. The maximum absolute atomic E-state index is 12.8. The molecule has 0 saturated heterocycles. The van der Waals surface area contributed by atoms with Crippen LogP contribution in [-0.4, -0.2) is 22.7 Å². The fourth-order valence-electron chi connectivity index (χ4n) is 2.98. The SMILES string of the molecule is O=C(NCc1ccccn1)c1ccc2c(c1)C(=O)N(c1ccc(Cl)cc1)C2=O. The van der Waals surface area contributed by atoms with E-state index in [-0.39, 0.29) is 23.6 Å². The molecule has 1 aliphatic rings. The van der Waals surface area contributed by atoms with E-state index in [9.17, 15) is 14.4 Å². The third-order valence-electron chi connectivity index (χ3n) is 4.39. The van der Waals surface area contributed by atoms with Crippen molar-refractivity contribution in [3.63, 3.8) is 0 Å². The third kappa shape index (κ3) is 3.25. The van der Waals surface area contributed by atoms with Crippen molar-refractivity contribution in [2.24, 2.45) is 0 Å². The number of rotatable bonds is 4. The van der Waals surface area contributed by atoms with Crippen molar-refractivity contribution >= 4 is 35.0 Å². The van der Waals surface area contributed by atoms with E-state index in [0.29, 0.717) is 16.3 Å². The molecular weight excluding hydrogens is 378 g/mol. The average molecular weight is 392 g/mol. The number of aromatic nitrogens is 1. The van der Waals surface area contributed by atoms with Crippen LogP contribution in [0.25, 0.3) is 0 Å². The number of hydrogen-bond acceptors (Lipinski definition) is 4. The first-order valence-electron chi connectivity index (χ1n) is 8.51. The number of pyridine rings is 1. The number of nitrogens with one attached hydrogen (secondary N) is 1. The number of halogens is 1. The van der Waals surface area contributed by atoms with Crippen LogP contribution in [0.1, 0.15) is 36.8 Å². The highest BCUT2D eigenvalue weighted by Crippen LogP contribution is 2.29. The van der Waals surface area contributed by atoms with Gasteiger partial charge in [0.2, 0.25) is 0 Å². The smallest absolute Gasteiger partial charge is 0.266 e. The molecule has 0 radical (unpaired) electrons. The lowest BCUT2D eigenvalue weighted by molar-refractivity contribution is 0.0923. The van der Waals surface area contributed by atoms with Gasteiger partial charge in [-0.2, -0.15) is 0 Å². The van der Waals surface area contributed by atoms with E-state index in [1.165, 1.54) is 18.2 Å². The molecule has 6 nitrogen and oxygen atoms in total. The zero-order chi connectivity index (χ0) is 19.7. The van der Waals surface area contributed by atoms with Crippen molar-refractivity contribution < 1.29 is 14.4 Å². The molecule has 0 fully saturated rings. The summed E-state index contributed by atoms with van der Waals surface area (Å²) in [5.41, 5.74) is 1.91. The summed E-state index contributed by atoms with van der Waals surface area (Å²) in [6, 6.07) is 16.3. The molecule has 0 saturated carbocycles. The van der Waals surface area contributed by atoms with Gasteiger partial charge in [0.1, 0.15) is 0 Å². The highest BCUT2D eigenvalue weighted by atomic mass is 35.5. The van der Waals surface area contributed by atoms with Gasteiger partial charge in [-0.1, -0.05) is 17.7 Å². The number of anilines is 1. The first-order chi connectivity index (χ1) is 13.5. The molecule has 4 rings (SSSR count). The predicted octanol–water partition coefficient (Wildman–Crippen LogP) is 3.47. The molecule has 0 bridgehead atoms. The van der Waals surface area contributed by atoms with Gasteiger partial charge >= 0.3 is 0 Å². The zero-order valence-electron chi connectivity index (χ0n) is 14.6. The summed E-state index contributed by atoms with van der Waals surface area (Å²) in [5.74, 6) is -1.25. The van der Waals surface area contributed by atoms with Crippen LogP contribution in [0.2, 0.25) is 5.02 Å². The molecule has 1 aliphatic heterocycles. The van der Waals surface area contributed by atoms with Gasteiger partial charge in [-0.25, -0.2) is 4.90 Å². The molecular formula is C21H14ClN3O3. The number of nitrogens with zero attached hydrogens (tertiary/aromatic N) is 2. The monoisotopic (exact) mass is 391 g/mol. The summed E-state index contributed by atoms with van der Waals surface area (Å²) in [4.78, 5) is 43.1. The van der Waals surface area contributed by atoms with Gasteiger partial charge in [0, 0.05) is 16.8 Å². The largest absolute Gasteiger partial charge is 0.346 e. The molecule has 1 N–H and O–H groups in total. The van der Waals surface area contributed by atoms with Crippen LogP contribution in [0.5, 0.6) is 0 Å². The van der Waals surface area contributed by atoms with Crippen LogP contribution in [0.15, 0.2) is 66.9 Å². The number of imide groups is 1. The molecule has 138 valence electrons. The summed E-state index contributed by atoms with van der Waals surface area (Å²) < 4.78 is 0. The summed E-state index contributed by atoms with van der Waals surface area (Å²) in [6.07, 6.45) is 1.65. The first kappa shape index (κ1) is 17.9. The quantitative estimate of drug-likeness (QED) is 0.691. The number of carbonyl (C=O) groups excluding carboxylic acids is 3. The second-order valence-corrected chi connectivity index (χ2v) is 6.62. The van der Waals surface area contributed by atoms with E-state index in [0.717, 1.165) is 10.6 Å². The minimum atomic E-state index is -0.471. The van der Waals surface area contributed by atoms with E-state index in [2.05, 4.69) is 10.3 Å². The Kier molecular flexibility index (Phi) is 4.63. The topological polar surface area (TPSA) is 79.4 Å². The molecule has 3 aromatic rings. The minimum Gasteiger partial charge on any atom is -0.346 e. The predicted molar refractivity (Wildman–Crippen MR) is 104 cm³/mol. The molecule has 0 spiro atoms. The van der Waals surface area contributed by atoms with Gasteiger partial charge in [0.15, 0.2) is 0 Å². The van der Waals surface area contributed by atoms with Crippen molar-refractivity contribution in [1.29, 1.82) is 0 Å². The standard InChI is InChI=1S/C21H14ClN3O3/c22-14-5-7-16(8-6-14)25-20(27)17-9-4-13(11-18(17)21(25)28)19(26)24-12-15-3-1-2-10-23-15/h1-11H,12H2,(H,24,26). The molecule has 7 heteroatoms. The van der Waals surface area contributed by atoms with Gasteiger partial charge in [-0.05, 0) is 54.6 Å². The normalized spacial score (nSPS) is 12.8. The van der Waals surface area contributed by atoms with Gasteiger partial charge in [-0.15, -0.1) is 0 Å². The van der Waals surface area contributed by atoms with Crippen LogP contribution < -0.4 is 10.2 Å². The molecule has 2 aromatic carbocycles. The lowest BCUT2D eigenvalue weighted by Crippen LogP contribution is -2.29. The molecule has 2 heterocycles. The Balaban J connectivity index is 1.56. The molecule has 0 aliphatic carbocycles.